The van der Waals surface area contributed by atoms with Gasteiger partial charge in [-0.2, -0.15) is 4.31 Å². The van der Waals surface area contributed by atoms with E-state index in [0.29, 0.717) is 31.2 Å². The zero-order chi connectivity index (χ0) is 13.5. The Morgan fingerprint density at radius 3 is 3.00 bits per heavy atom. The van der Waals surface area contributed by atoms with Crippen LogP contribution in [-0.2, 0) is 29.5 Å². The van der Waals surface area contributed by atoms with Crippen LogP contribution in [0, 0.1) is 0 Å². The third kappa shape index (κ3) is 2.04. The first-order chi connectivity index (χ1) is 9.11. The van der Waals surface area contributed by atoms with E-state index < -0.39 is 10.0 Å². The molecule has 0 saturated heterocycles. The average molecular weight is 282 g/mol. The Kier molecular flexibility index (Phi) is 2.86. The molecule has 3 rings (SSSR count). The molecule has 0 aromatic carbocycles. The second kappa shape index (κ2) is 4.42. The van der Waals surface area contributed by atoms with Crippen molar-refractivity contribution in [3.63, 3.8) is 0 Å². The van der Waals surface area contributed by atoms with Gasteiger partial charge in [-0.05, 0) is 0 Å². The van der Waals surface area contributed by atoms with Crippen LogP contribution < -0.4 is 0 Å². The fraction of sp³-hybridized carbons (Fsp3) is 0.500. The first kappa shape index (κ1) is 12.3. The molecule has 0 saturated carbocycles. The number of hydrogen-bond acceptors (Lipinski definition) is 5. The van der Waals surface area contributed by atoms with E-state index >= 15 is 0 Å². The molecule has 2 aromatic heterocycles. The second-order valence-electron chi connectivity index (χ2n) is 4.33. The van der Waals surface area contributed by atoms with Gasteiger partial charge in [-0.3, -0.25) is 0 Å². The Labute approximate surface area is 110 Å². The summed E-state index contributed by atoms with van der Waals surface area (Å²) in [5.74, 6) is 1.32. The lowest BCUT2D eigenvalue weighted by Crippen LogP contribution is -2.38. The summed E-state index contributed by atoms with van der Waals surface area (Å²) in [7, 11) is -3.54. The van der Waals surface area contributed by atoms with E-state index in [-0.39, 0.29) is 11.6 Å². The lowest BCUT2D eigenvalue weighted by molar-refractivity contribution is 0.334. The van der Waals surface area contributed by atoms with Crippen LogP contribution >= 0.6 is 0 Å². The van der Waals surface area contributed by atoms with Gasteiger partial charge < -0.3 is 9.55 Å². The topological polar surface area (TPSA) is 96.8 Å². The Balaban J connectivity index is 1.89. The van der Waals surface area contributed by atoms with E-state index in [9.17, 15) is 8.42 Å². The molecule has 0 bridgehead atoms. The van der Waals surface area contributed by atoms with Crippen LogP contribution in [0.1, 0.15) is 18.6 Å². The predicted octanol–water partition coefficient (Wildman–Crippen LogP) is -0.232. The number of nitrogens with one attached hydrogen (secondary N) is 1. The van der Waals surface area contributed by atoms with Crippen molar-refractivity contribution in [2.24, 2.45) is 0 Å². The largest absolute Gasteiger partial charge is 0.332 e. The van der Waals surface area contributed by atoms with Crippen LogP contribution in [-0.4, -0.2) is 44.0 Å². The summed E-state index contributed by atoms with van der Waals surface area (Å²) in [6.45, 7) is 3.13. The van der Waals surface area contributed by atoms with E-state index in [1.54, 1.807) is 6.33 Å². The molecule has 0 atom stereocenters. The summed E-state index contributed by atoms with van der Waals surface area (Å²) in [4.78, 5) is 6.87. The quantitative estimate of drug-likeness (QED) is 0.838. The van der Waals surface area contributed by atoms with Gasteiger partial charge in [0.15, 0.2) is 5.03 Å². The van der Waals surface area contributed by atoms with E-state index in [1.165, 1.54) is 10.5 Å². The molecule has 1 aliphatic heterocycles. The first-order valence-corrected chi connectivity index (χ1v) is 7.46. The van der Waals surface area contributed by atoms with Crippen molar-refractivity contribution in [2.75, 3.05) is 6.54 Å². The lowest BCUT2D eigenvalue weighted by atomic mass is 10.4. The molecule has 1 aliphatic rings. The van der Waals surface area contributed by atoms with Crippen molar-refractivity contribution in [3.05, 3.63) is 24.2 Å². The highest BCUT2D eigenvalue weighted by atomic mass is 32.2. The van der Waals surface area contributed by atoms with Crippen molar-refractivity contribution in [3.8, 4) is 0 Å². The fourth-order valence-corrected chi connectivity index (χ4v) is 3.36. The van der Waals surface area contributed by atoms with Crippen LogP contribution in [0.4, 0.5) is 0 Å². The van der Waals surface area contributed by atoms with Gasteiger partial charge >= 0.3 is 0 Å². The number of fused-ring (bicyclic) bond motifs is 1. The number of H-pyrrole nitrogens is 1. The molecule has 8 nitrogen and oxygen atoms in total. The summed E-state index contributed by atoms with van der Waals surface area (Å²) < 4.78 is 28.1. The normalized spacial score (nSPS) is 16.5. The summed E-state index contributed by atoms with van der Waals surface area (Å²) in [6, 6.07) is 0. The summed E-state index contributed by atoms with van der Waals surface area (Å²) in [6.07, 6.45) is 3.65. The van der Waals surface area contributed by atoms with E-state index in [2.05, 4.69) is 20.2 Å². The Morgan fingerprint density at radius 1 is 1.42 bits per heavy atom. The minimum absolute atomic E-state index is 0.136. The van der Waals surface area contributed by atoms with Crippen molar-refractivity contribution in [2.45, 2.75) is 31.5 Å². The molecule has 0 amide bonds. The molecule has 3 heterocycles. The highest BCUT2D eigenvalue weighted by Gasteiger charge is 2.30. The molecule has 0 radical (unpaired) electrons. The third-order valence-electron chi connectivity index (χ3n) is 3.16. The monoisotopic (exact) mass is 282 g/mol. The third-order valence-corrected chi connectivity index (χ3v) is 4.92. The number of aryl methyl sites for hydroxylation is 1. The van der Waals surface area contributed by atoms with Gasteiger partial charge in [0, 0.05) is 19.5 Å². The van der Waals surface area contributed by atoms with Crippen LogP contribution in [0.15, 0.2) is 17.6 Å². The number of aromatic amines is 1. The summed E-state index contributed by atoms with van der Waals surface area (Å²) in [5.41, 5.74) is 0. The Bertz CT molecular complexity index is 688. The maximum atomic E-state index is 12.4. The van der Waals surface area contributed by atoms with Gasteiger partial charge in [0.2, 0.25) is 0 Å². The van der Waals surface area contributed by atoms with Gasteiger partial charge in [0.1, 0.15) is 18.0 Å². The number of sulfonamides is 1. The number of aromatic nitrogens is 5. The Hall–Kier alpha value is -1.74. The van der Waals surface area contributed by atoms with Gasteiger partial charge in [0.25, 0.3) is 10.0 Å². The minimum atomic E-state index is -3.54. The van der Waals surface area contributed by atoms with Crippen molar-refractivity contribution >= 4 is 10.0 Å². The highest BCUT2D eigenvalue weighted by molar-refractivity contribution is 7.89. The Morgan fingerprint density at radius 2 is 2.26 bits per heavy atom. The highest BCUT2D eigenvalue weighted by Crippen LogP contribution is 2.19. The number of imidazole rings is 1. The van der Waals surface area contributed by atoms with Crippen LogP contribution in [0.3, 0.4) is 0 Å². The van der Waals surface area contributed by atoms with Crippen LogP contribution in [0.25, 0.3) is 0 Å². The van der Waals surface area contributed by atoms with E-state index in [4.69, 9.17) is 0 Å². The SMILES string of the molecule is CCc1ncc(S(=O)(=O)N2CCn3cnnc3C2)[nH]1. The molecule has 9 heteroatoms. The van der Waals surface area contributed by atoms with Crippen LogP contribution in [0.5, 0.6) is 0 Å². The smallest absolute Gasteiger partial charge is 0.260 e. The van der Waals surface area contributed by atoms with Crippen molar-refractivity contribution in [1.29, 1.82) is 0 Å². The van der Waals surface area contributed by atoms with Crippen molar-refractivity contribution in [1.82, 2.24) is 29.0 Å². The van der Waals surface area contributed by atoms with Gasteiger partial charge in [0.05, 0.1) is 12.7 Å². The molecule has 0 spiro atoms. The fourth-order valence-electron chi connectivity index (χ4n) is 2.04. The molecule has 0 fully saturated rings. The van der Waals surface area contributed by atoms with Crippen molar-refractivity contribution < 1.29 is 8.42 Å². The maximum absolute atomic E-state index is 12.4. The maximum Gasteiger partial charge on any atom is 0.260 e. The number of nitrogens with zero attached hydrogens (tertiary/aromatic N) is 5. The first-order valence-electron chi connectivity index (χ1n) is 6.02. The molecule has 19 heavy (non-hydrogen) atoms. The van der Waals surface area contributed by atoms with E-state index in [1.807, 2.05) is 11.5 Å². The van der Waals surface area contributed by atoms with Gasteiger partial charge in [-0.15, -0.1) is 10.2 Å². The standard InChI is InChI=1S/C10H14N6O2S/c1-2-8-11-5-10(13-8)19(17,18)16-4-3-15-7-12-14-9(15)6-16/h5,7H,2-4,6H2,1H3,(H,11,13). The number of rotatable bonds is 3. The minimum Gasteiger partial charge on any atom is -0.332 e. The summed E-state index contributed by atoms with van der Waals surface area (Å²) in [5, 5.41) is 7.83. The second-order valence-corrected chi connectivity index (χ2v) is 6.23. The molecular weight excluding hydrogens is 268 g/mol. The molecule has 0 unspecified atom stereocenters. The predicted molar refractivity (Wildman–Crippen MR) is 65.6 cm³/mol. The molecule has 2 aromatic rings. The zero-order valence-electron chi connectivity index (χ0n) is 10.4. The summed E-state index contributed by atoms with van der Waals surface area (Å²) >= 11 is 0. The molecule has 1 N–H and O–H groups in total. The number of hydrogen-bond donors (Lipinski definition) is 1. The molecular formula is C10H14N6O2S. The van der Waals surface area contributed by atoms with Crippen LogP contribution in [0.2, 0.25) is 0 Å². The average Bonchev–Trinajstić information content (AvgIpc) is 3.06. The zero-order valence-corrected chi connectivity index (χ0v) is 11.3. The molecule has 0 aliphatic carbocycles. The molecule has 102 valence electrons. The lowest BCUT2D eigenvalue weighted by Gasteiger charge is -2.25. The van der Waals surface area contributed by atoms with E-state index in [0.717, 1.165) is 0 Å². The van der Waals surface area contributed by atoms with Gasteiger partial charge in [-0.25, -0.2) is 13.4 Å². The van der Waals surface area contributed by atoms with Gasteiger partial charge in [-0.1, -0.05) is 6.92 Å².